The number of methoxy groups -OCH3 is 3. The number of aromatic hydroxyl groups is 1. The molecular formula is C26H29NO5. The lowest BCUT2D eigenvalue weighted by Crippen LogP contribution is -2.18. The molecule has 0 aliphatic carbocycles. The molecule has 6 heteroatoms. The van der Waals surface area contributed by atoms with Crippen LogP contribution in [0, 0.1) is 20.8 Å². The Morgan fingerprint density at radius 3 is 2.16 bits per heavy atom. The molecule has 1 aliphatic heterocycles. The minimum absolute atomic E-state index is 0.132. The number of rotatable bonds is 4. The lowest BCUT2D eigenvalue weighted by molar-refractivity contribution is 0.0602. The van der Waals surface area contributed by atoms with Crippen LogP contribution >= 0.6 is 0 Å². The van der Waals surface area contributed by atoms with Gasteiger partial charge in [0.1, 0.15) is 5.75 Å². The number of esters is 1. The van der Waals surface area contributed by atoms with E-state index in [1.165, 1.54) is 7.11 Å². The number of aryl methyl sites for hydroxylation is 2. The van der Waals surface area contributed by atoms with Crippen LogP contribution in [0.15, 0.2) is 24.3 Å². The van der Waals surface area contributed by atoms with Gasteiger partial charge in [-0.15, -0.1) is 0 Å². The second-order valence-electron chi connectivity index (χ2n) is 8.42. The quantitative estimate of drug-likeness (QED) is 0.558. The first-order valence-corrected chi connectivity index (χ1v) is 10.6. The zero-order valence-electron chi connectivity index (χ0n) is 19.6. The summed E-state index contributed by atoms with van der Waals surface area (Å²) in [4.78, 5) is 13.2. The number of phenolic OH excluding ortho intramolecular Hbond substituents is 1. The molecular weight excluding hydrogens is 406 g/mol. The fraction of sp³-hybridized carbons (Fsp3) is 0.346. The van der Waals surface area contributed by atoms with E-state index in [1.807, 2.05) is 45.0 Å². The van der Waals surface area contributed by atoms with E-state index in [2.05, 4.69) is 11.5 Å². The number of carbonyl (C=O) groups excluding carboxylic acids is 1. The summed E-state index contributed by atoms with van der Waals surface area (Å²) in [5.74, 6) is 1.15. The van der Waals surface area contributed by atoms with E-state index >= 15 is 0 Å². The Kier molecular flexibility index (Phi) is 5.41. The highest BCUT2D eigenvalue weighted by atomic mass is 16.5. The van der Waals surface area contributed by atoms with Crippen molar-refractivity contribution in [3.63, 3.8) is 0 Å². The van der Waals surface area contributed by atoms with Gasteiger partial charge in [0, 0.05) is 22.9 Å². The Hall–Kier alpha value is -3.41. The van der Waals surface area contributed by atoms with Gasteiger partial charge in [-0.05, 0) is 80.6 Å². The first-order chi connectivity index (χ1) is 15.2. The molecule has 1 unspecified atom stereocenters. The van der Waals surface area contributed by atoms with Crippen molar-refractivity contribution in [2.45, 2.75) is 40.2 Å². The Morgan fingerprint density at radius 2 is 1.59 bits per heavy atom. The van der Waals surface area contributed by atoms with Crippen molar-refractivity contribution in [2.75, 3.05) is 21.3 Å². The second kappa shape index (κ2) is 7.93. The van der Waals surface area contributed by atoms with Gasteiger partial charge in [-0.3, -0.25) is 0 Å². The van der Waals surface area contributed by atoms with Crippen LogP contribution in [0.25, 0.3) is 22.4 Å². The van der Waals surface area contributed by atoms with E-state index in [1.54, 1.807) is 14.2 Å². The summed E-state index contributed by atoms with van der Waals surface area (Å²) >= 11 is 0. The zero-order valence-corrected chi connectivity index (χ0v) is 19.6. The highest BCUT2D eigenvalue weighted by molar-refractivity contribution is 6.05. The van der Waals surface area contributed by atoms with Crippen molar-refractivity contribution in [1.29, 1.82) is 0 Å². The number of fused-ring (bicyclic) bond motifs is 3. The van der Waals surface area contributed by atoms with Gasteiger partial charge in [0.05, 0.1) is 32.6 Å². The van der Waals surface area contributed by atoms with Gasteiger partial charge in [-0.25, -0.2) is 4.79 Å². The SMILES string of the molecule is COC(=O)c1c(-c2cc(C)c(O)c(C)c2)c(C)n2c1-c1cc(OC)c(OC)cc1CC2C. The Morgan fingerprint density at radius 1 is 1.00 bits per heavy atom. The van der Waals surface area contributed by atoms with Gasteiger partial charge < -0.3 is 23.9 Å². The number of aromatic nitrogens is 1. The van der Waals surface area contributed by atoms with Crippen LogP contribution in [0.2, 0.25) is 0 Å². The molecule has 1 aliphatic rings. The van der Waals surface area contributed by atoms with E-state index in [0.717, 1.165) is 51.2 Å². The maximum atomic E-state index is 13.2. The number of hydrogen-bond donors (Lipinski definition) is 1. The fourth-order valence-corrected chi connectivity index (χ4v) is 5.00. The highest BCUT2D eigenvalue weighted by Gasteiger charge is 2.34. The third kappa shape index (κ3) is 3.13. The summed E-state index contributed by atoms with van der Waals surface area (Å²) in [7, 11) is 4.63. The summed E-state index contributed by atoms with van der Waals surface area (Å²) in [6.07, 6.45) is 0.798. The predicted octanol–water partition coefficient (Wildman–Crippen LogP) is 5.37. The van der Waals surface area contributed by atoms with E-state index in [-0.39, 0.29) is 11.8 Å². The predicted molar refractivity (Wildman–Crippen MR) is 124 cm³/mol. The highest BCUT2D eigenvalue weighted by Crippen LogP contribution is 2.48. The van der Waals surface area contributed by atoms with Gasteiger partial charge in [-0.2, -0.15) is 0 Å². The molecule has 1 N–H and O–H groups in total. The molecule has 2 heterocycles. The minimum atomic E-state index is -0.393. The molecule has 3 aromatic rings. The summed E-state index contributed by atoms with van der Waals surface area (Å²) in [6.45, 7) is 7.91. The minimum Gasteiger partial charge on any atom is -0.507 e. The lowest BCUT2D eigenvalue weighted by atomic mass is 9.90. The summed E-state index contributed by atoms with van der Waals surface area (Å²) < 4.78 is 18.5. The molecule has 2 aromatic carbocycles. The second-order valence-corrected chi connectivity index (χ2v) is 8.42. The average Bonchev–Trinajstić information content (AvgIpc) is 3.09. The largest absolute Gasteiger partial charge is 0.507 e. The number of ether oxygens (including phenoxy) is 3. The number of carbonyl (C=O) groups is 1. The van der Waals surface area contributed by atoms with Gasteiger partial charge in [0.25, 0.3) is 0 Å². The van der Waals surface area contributed by atoms with Crippen LogP contribution in [0.5, 0.6) is 17.2 Å². The fourth-order valence-electron chi connectivity index (χ4n) is 5.00. The van der Waals surface area contributed by atoms with Crippen LogP contribution in [-0.4, -0.2) is 37.0 Å². The zero-order chi connectivity index (χ0) is 23.3. The number of nitrogens with zero attached hydrogens (tertiary/aromatic N) is 1. The van der Waals surface area contributed by atoms with E-state index in [9.17, 15) is 9.90 Å². The topological polar surface area (TPSA) is 69.9 Å². The van der Waals surface area contributed by atoms with Crippen LogP contribution in [0.1, 0.15) is 45.7 Å². The van der Waals surface area contributed by atoms with Crippen LogP contribution in [0.3, 0.4) is 0 Å². The molecule has 32 heavy (non-hydrogen) atoms. The smallest absolute Gasteiger partial charge is 0.340 e. The first kappa shape index (κ1) is 21.8. The molecule has 4 rings (SSSR count). The monoisotopic (exact) mass is 435 g/mol. The number of benzene rings is 2. The molecule has 1 atom stereocenters. The molecule has 0 amide bonds. The molecule has 1 aromatic heterocycles. The van der Waals surface area contributed by atoms with Gasteiger partial charge in [0.15, 0.2) is 11.5 Å². The summed E-state index contributed by atoms with van der Waals surface area (Å²) in [6, 6.07) is 7.90. The number of phenols is 1. The van der Waals surface area contributed by atoms with Crippen molar-refractivity contribution in [3.05, 3.63) is 52.2 Å². The van der Waals surface area contributed by atoms with Gasteiger partial charge >= 0.3 is 5.97 Å². The maximum Gasteiger partial charge on any atom is 0.340 e. The van der Waals surface area contributed by atoms with Crippen molar-refractivity contribution >= 4 is 5.97 Å². The molecule has 6 nitrogen and oxygen atoms in total. The summed E-state index contributed by atoms with van der Waals surface area (Å²) in [5.41, 5.74) is 7.59. The Bertz CT molecular complexity index is 1210. The molecule has 0 radical (unpaired) electrons. The maximum absolute atomic E-state index is 13.2. The third-order valence-electron chi connectivity index (χ3n) is 6.44. The first-order valence-electron chi connectivity index (χ1n) is 10.6. The molecule has 0 saturated carbocycles. The van der Waals surface area contributed by atoms with Crippen molar-refractivity contribution < 1.29 is 24.1 Å². The standard InChI is InChI=1S/C26H29NO5/c1-13-8-18(9-14(2)25(13)28)22-16(4)27-15(3)10-17-11-20(30-5)21(31-6)12-19(17)24(27)23(22)26(29)32-7/h8-9,11-12,15,28H,10H2,1-7H3. The Balaban J connectivity index is 2.11. The van der Waals surface area contributed by atoms with Crippen LogP contribution in [0.4, 0.5) is 0 Å². The molecule has 0 fully saturated rings. The van der Waals surface area contributed by atoms with Gasteiger partial charge in [0.2, 0.25) is 0 Å². The van der Waals surface area contributed by atoms with Gasteiger partial charge in [-0.1, -0.05) is 0 Å². The normalized spacial score (nSPS) is 14.5. The Labute approximate surface area is 188 Å². The van der Waals surface area contributed by atoms with Crippen molar-refractivity contribution in [2.24, 2.45) is 0 Å². The number of hydrogen-bond acceptors (Lipinski definition) is 5. The van der Waals surface area contributed by atoms with Crippen LogP contribution in [-0.2, 0) is 11.2 Å². The van der Waals surface area contributed by atoms with E-state index < -0.39 is 5.97 Å². The average molecular weight is 436 g/mol. The molecule has 168 valence electrons. The molecule has 0 spiro atoms. The third-order valence-corrected chi connectivity index (χ3v) is 6.44. The molecule has 0 bridgehead atoms. The molecule has 0 saturated heterocycles. The van der Waals surface area contributed by atoms with Crippen LogP contribution < -0.4 is 9.47 Å². The lowest BCUT2D eigenvalue weighted by Gasteiger charge is -2.28. The van der Waals surface area contributed by atoms with E-state index in [0.29, 0.717) is 17.1 Å². The van der Waals surface area contributed by atoms with Crippen molar-refractivity contribution in [1.82, 2.24) is 4.57 Å². The van der Waals surface area contributed by atoms with E-state index in [4.69, 9.17) is 14.2 Å². The van der Waals surface area contributed by atoms with Crippen molar-refractivity contribution in [3.8, 4) is 39.6 Å². The summed E-state index contributed by atoms with van der Waals surface area (Å²) in [5, 5.41) is 10.3.